The van der Waals surface area contributed by atoms with Crippen molar-refractivity contribution in [1.29, 1.82) is 0 Å². The van der Waals surface area contributed by atoms with Crippen molar-refractivity contribution >= 4 is 5.91 Å². The Morgan fingerprint density at radius 2 is 2.11 bits per heavy atom. The van der Waals surface area contributed by atoms with Gasteiger partial charge in [0.15, 0.2) is 0 Å². The molecule has 0 aliphatic carbocycles. The summed E-state index contributed by atoms with van der Waals surface area (Å²) in [4.78, 5) is 11.4. The third-order valence-corrected chi connectivity index (χ3v) is 2.61. The van der Waals surface area contributed by atoms with E-state index in [9.17, 15) is 13.6 Å². The largest absolute Gasteiger partial charge is 0.496 e. The van der Waals surface area contributed by atoms with Crippen molar-refractivity contribution in [2.24, 2.45) is 0 Å². The van der Waals surface area contributed by atoms with Gasteiger partial charge in [-0.3, -0.25) is 4.79 Å². The Morgan fingerprint density at radius 1 is 1.42 bits per heavy atom. The number of amides is 1. The van der Waals surface area contributed by atoms with Crippen molar-refractivity contribution in [1.82, 2.24) is 5.32 Å². The normalized spacial score (nSPS) is 12.3. The zero-order valence-electron chi connectivity index (χ0n) is 10.6. The van der Waals surface area contributed by atoms with Crippen LogP contribution in [-0.4, -0.2) is 37.2 Å². The topological polar surface area (TPSA) is 58.6 Å². The van der Waals surface area contributed by atoms with Crippen LogP contribution in [0.1, 0.15) is 12.0 Å². The van der Waals surface area contributed by atoms with Gasteiger partial charge in [-0.25, -0.2) is 8.78 Å². The number of hydrogen-bond donors (Lipinski definition) is 2. The molecule has 1 amide bonds. The predicted octanol–water partition coefficient (Wildman–Crippen LogP) is 1.37. The Kier molecular flexibility index (Phi) is 6.21. The van der Waals surface area contributed by atoms with Gasteiger partial charge in [0.25, 0.3) is 6.43 Å². The minimum absolute atomic E-state index is 0.149. The van der Waals surface area contributed by atoms with Gasteiger partial charge >= 0.3 is 0 Å². The molecule has 2 N–H and O–H groups in total. The van der Waals surface area contributed by atoms with Gasteiger partial charge in [-0.05, 0) is 18.1 Å². The number of benzene rings is 1. The Bertz CT molecular complexity index is 413. The first kappa shape index (κ1) is 15.4. The van der Waals surface area contributed by atoms with E-state index in [4.69, 9.17) is 9.84 Å². The molecule has 0 fully saturated rings. The molecule has 106 valence electrons. The number of carbonyl (C=O) groups is 1. The van der Waals surface area contributed by atoms with E-state index in [-0.39, 0.29) is 12.3 Å². The lowest BCUT2D eigenvalue weighted by atomic mass is 10.1. The molecule has 0 aliphatic rings. The minimum Gasteiger partial charge on any atom is -0.496 e. The van der Waals surface area contributed by atoms with E-state index in [1.165, 1.54) is 7.11 Å². The first-order valence-electron chi connectivity index (χ1n) is 5.89. The van der Waals surface area contributed by atoms with Crippen LogP contribution < -0.4 is 10.1 Å². The van der Waals surface area contributed by atoms with Crippen molar-refractivity contribution in [3.8, 4) is 5.75 Å². The first-order chi connectivity index (χ1) is 9.04. The summed E-state index contributed by atoms with van der Waals surface area (Å²) >= 11 is 0. The minimum atomic E-state index is -2.85. The summed E-state index contributed by atoms with van der Waals surface area (Å²) in [7, 11) is 1.54. The summed E-state index contributed by atoms with van der Waals surface area (Å²) in [5, 5.41) is 11.1. The summed E-state index contributed by atoms with van der Waals surface area (Å²) in [5.74, 6) is 0.300. The van der Waals surface area contributed by atoms with Crippen molar-refractivity contribution in [3.63, 3.8) is 0 Å². The molecule has 1 aromatic rings. The fourth-order valence-corrected chi connectivity index (χ4v) is 1.55. The Labute approximate surface area is 110 Å². The maximum Gasteiger partial charge on any atom is 0.265 e. The van der Waals surface area contributed by atoms with Gasteiger partial charge in [-0.2, -0.15) is 0 Å². The summed E-state index contributed by atoms with van der Waals surface area (Å²) in [6.07, 6.45) is -4.08. The second kappa shape index (κ2) is 7.68. The third kappa shape index (κ3) is 5.21. The number of carbonyl (C=O) groups excluding carboxylic acids is 1. The molecule has 1 aromatic carbocycles. The molecule has 1 unspecified atom stereocenters. The van der Waals surface area contributed by atoms with Gasteiger partial charge in [0.05, 0.1) is 7.11 Å². The lowest BCUT2D eigenvalue weighted by Gasteiger charge is -2.11. The molecular formula is C13H17F2NO3. The molecule has 0 aromatic heterocycles. The van der Waals surface area contributed by atoms with Gasteiger partial charge in [-0.1, -0.05) is 18.2 Å². The number of methoxy groups -OCH3 is 1. The van der Waals surface area contributed by atoms with E-state index < -0.39 is 19.1 Å². The van der Waals surface area contributed by atoms with Gasteiger partial charge in [0, 0.05) is 13.0 Å². The SMILES string of the molecule is COc1ccccc1CCC(=O)NCC(O)C(F)F. The van der Waals surface area contributed by atoms with Crippen molar-refractivity contribution in [2.45, 2.75) is 25.4 Å². The number of para-hydroxylation sites is 1. The van der Waals surface area contributed by atoms with Gasteiger partial charge in [0.2, 0.25) is 5.91 Å². The highest BCUT2D eigenvalue weighted by Gasteiger charge is 2.17. The van der Waals surface area contributed by atoms with Crippen LogP contribution in [0, 0.1) is 0 Å². The molecule has 1 atom stereocenters. The molecule has 0 saturated carbocycles. The fourth-order valence-electron chi connectivity index (χ4n) is 1.55. The molecule has 0 bridgehead atoms. The van der Waals surface area contributed by atoms with Crippen LogP contribution >= 0.6 is 0 Å². The van der Waals surface area contributed by atoms with E-state index in [0.717, 1.165) is 5.56 Å². The average Bonchev–Trinajstić information content (AvgIpc) is 2.42. The lowest BCUT2D eigenvalue weighted by Crippen LogP contribution is -2.35. The summed E-state index contributed by atoms with van der Waals surface area (Å²) in [5.41, 5.74) is 0.870. The van der Waals surface area contributed by atoms with Crippen LogP contribution in [0.3, 0.4) is 0 Å². The van der Waals surface area contributed by atoms with Crippen LogP contribution in [0.2, 0.25) is 0 Å². The average molecular weight is 273 g/mol. The number of halogens is 2. The standard InChI is InChI=1S/C13H17F2NO3/c1-19-11-5-3-2-4-9(11)6-7-12(18)16-8-10(17)13(14)15/h2-5,10,13,17H,6-8H2,1H3,(H,16,18). The molecule has 0 heterocycles. The van der Waals surface area contributed by atoms with Gasteiger partial charge in [-0.15, -0.1) is 0 Å². The smallest absolute Gasteiger partial charge is 0.265 e. The zero-order chi connectivity index (χ0) is 14.3. The van der Waals surface area contributed by atoms with Gasteiger partial charge < -0.3 is 15.2 Å². The molecule has 6 heteroatoms. The Balaban J connectivity index is 2.38. The monoisotopic (exact) mass is 273 g/mol. The number of ether oxygens (including phenoxy) is 1. The summed E-state index contributed by atoms with van der Waals surface area (Å²) in [6.45, 7) is -0.442. The molecule has 0 aliphatic heterocycles. The summed E-state index contributed by atoms with van der Waals surface area (Å²) in [6, 6.07) is 7.27. The van der Waals surface area contributed by atoms with E-state index in [1.54, 1.807) is 6.07 Å². The van der Waals surface area contributed by atoms with Crippen LogP contribution in [0.25, 0.3) is 0 Å². The van der Waals surface area contributed by atoms with E-state index in [1.807, 2.05) is 18.2 Å². The first-order valence-corrected chi connectivity index (χ1v) is 5.89. The van der Waals surface area contributed by atoms with E-state index >= 15 is 0 Å². The van der Waals surface area contributed by atoms with E-state index in [2.05, 4.69) is 5.32 Å². The van der Waals surface area contributed by atoms with Crippen molar-refractivity contribution in [2.75, 3.05) is 13.7 Å². The van der Waals surface area contributed by atoms with Crippen LogP contribution in [0.4, 0.5) is 8.78 Å². The lowest BCUT2D eigenvalue weighted by molar-refractivity contribution is -0.122. The van der Waals surface area contributed by atoms with Crippen molar-refractivity contribution in [3.05, 3.63) is 29.8 Å². The predicted molar refractivity (Wildman–Crippen MR) is 66.3 cm³/mol. The molecule has 0 radical (unpaired) electrons. The molecule has 0 saturated heterocycles. The van der Waals surface area contributed by atoms with Crippen LogP contribution in [0.15, 0.2) is 24.3 Å². The highest BCUT2D eigenvalue weighted by Crippen LogP contribution is 2.18. The molecule has 4 nitrogen and oxygen atoms in total. The summed E-state index contributed by atoms with van der Waals surface area (Å²) < 4.78 is 29.2. The van der Waals surface area contributed by atoms with Gasteiger partial charge in [0.1, 0.15) is 11.9 Å². The second-order valence-corrected chi connectivity index (χ2v) is 4.02. The Morgan fingerprint density at radius 3 is 2.74 bits per heavy atom. The molecule has 0 spiro atoms. The number of rotatable bonds is 7. The molecule has 19 heavy (non-hydrogen) atoms. The number of hydrogen-bond acceptors (Lipinski definition) is 3. The molecular weight excluding hydrogens is 256 g/mol. The van der Waals surface area contributed by atoms with Crippen LogP contribution in [-0.2, 0) is 11.2 Å². The maximum absolute atomic E-state index is 12.0. The van der Waals surface area contributed by atoms with Crippen molar-refractivity contribution < 1.29 is 23.4 Å². The second-order valence-electron chi connectivity index (χ2n) is 4.02. The number of aliphatic hydroxyl groups is 1. The zero-order valence-corrected chi connectivity index (χ0v) is 10.6. The van der Waals surface area contributed by atoms with Crippen LogP contribution in [0.5, 0.6) is 5.75 Å². The number of aliphatic hydroxyl groups excluding tert-OH is 1. The number of nitrogens with one attached hydrogen (secondary N) is 1. The Hall–Kier alpha value is -1.69. The van der Waals surface area contributed by atoms with E-state index in [0.29, 0.717) is 12.2 Å². The quantitative estimate of drug-likeness (QED) is 0.789. The highest BCUT2D eigenvalue weighted by molar-refractivity contribution is 5.76. The molecule has 1 rings (SSSR count). The number of aryl methyl sites for hydroxylation is 1. The maximum atomic E-state index is 12.0. The third-order valence-electron chi connectivity index (χ3n) is 2.61. The number of alkyl halides is 2. The highest BCUT2D eigenvalue weighted by atomic mass is 19.3. The fraction of sp³-hybridized carbons (Fsp3) is 0.462.